The van der Waals surface area contributed by atoms with E-state index >= 15 is 0 Å². The Morgan fingerprint density at radius 1 is 1.32 bits per heavy atom. The number of hydrogen-bond acceptors (Lipinski definition) is 3. The van der Waals surface area contributed by atoms with Crippen LogP contribution in [-0.2, 0) is 17.9 Å². The fourth-order valence-corrected chi connectivity index (χ4v) is 2.43. The van der Waals surface area contributed by atoms with Crippen molar-refractivity contribution >= 4 is 0 Å². The van der Waals surface area contributed by atoms with Crippen LogP contribution in [0.15, 0.2) is 18.2 Å². The van der Waals surface area contributed by atoms with Crippen molar-refractivity contribution in [2.45, 2.75) is 26.0 Å². The lowest BCUT2D eigenvalue weighted by Gasteiger charge is -2.14. The molecule has 19 heavy (non-hydrogen) atoms. The van der Waals surface area contributed by atoms with Gasteiger partial charge in [-0.1, -0.05) is 6.07 Å². The molecule has 1 aliphatic rings. The minimum Gasteiger partial charge on any atom is -0.375 e. The van der Waals surface area contributed by atoms with E-state index in [1.165, 1.54) is 32.0 Å². The summed E-state index contributed by atoms with van der Waals surface area (Å²) in [5, 5.41) is 3.07. The highest BCUT2D eigenvalue weighted by molar-refractivity contribution is 5.24. The molecule has 0 unspecified atom stereocenters. The number of halogens is 1. The fourth-order valence-electron chi connectivity index (χ4n) is 2.43. The summed E-state index contributed by atoms with van der Waals surface area (Å²) in [4.78, 5) is 2.40. The van der Waals surface area contributed by atoms with Crippen molar-refractivity contribution in [3.63, 3.8) is 0 Å². The number of nitrogens with one attached hydrogen (secondary N) is 1. The van der Waals surface area contributed by atoms with Crippen LogP contribution in [0.3, 0.4) is 0 Å². The summed E-state index contributed by atoms with van der Waals surface area (Å²) in [6, 6.07) is 5.20. The van der Waals surface area contributed by atoms with Crippen molar-refractivity contribution in [2.24, 2.45) is 0 Å². The van der Waals surface area contributed by atoms with Crippen molar-refractivity contribution < 1.29 is 9.13 Å². The van der Waals surface area contributed by atoms with Crippen LogP contribution in [0.25, 0.3) is 0 Å². The zero-order valence-corrected chi connectivity index (χ0v) is 11.6. The molecule has 4 heteroatoms. The lowest BCUT2D eigenvalue weighted by atomic mass is 10.1. The summed E-state index contributed by atoms with van der Waals surface area (Å²) in [7, 11) is 1.88. The van der Waals surface area contributed by atoms with Crippen molar-refractivity contribution in [3.8, 4) is 0 Å². The monoisotopic (exact) mass is 266 g/mol. The molecule has 3 nitrogen and oxygen atoms in total. The van der Waals surface area contributed by atoms with E-state index in [1.807, 2.05) is 13.1 Å². The number of ether oxygens (including phenoxy) is 1. The Bertz CT molecular complexity index is 392. The molecule has 0 amide bonds. The number of benzene rings is 1. The maximum absolute atomic E-state index is 13.6. The Kier molecular flexibility index (Phi) is 5.76. The second-order valence-corrected chi connectivity index (χ2v) is 5.06. The number of rotatable bonds is 7. The van der Waals surface area contributed by atoms with Crippen LogP contribution in [0, 0.1) is 5.82 Å². The van der Waals surface area contributed by atoms with Crippen LogP contribution in [-0.4, -0.2) is 38.2 Å². The minimum absolute atomic E-state index is 0.180. The number of nitrogens with zero attached hydrogens (tertiary/aromatic N) is 1. The molecule has 0 bridgehead atoms. The van der Waals surface area contributed by atoms with E-state index in [0.717, 1.165) is 18.7 Å². The molecule has 0 atom stereocenters. The molecule has 0 aliphatic carbocycles. The first-order chi connectivity index (χ1) is 9.29. The standard InChI is InChI=1S/C15H23FN2O/c1-17-11-13-4-5-15(16)14(10-13)12-19-9-8-18-6-2-3-7-18/h4-5,10,17H,2-3,6-9,11-12H2,1H3. The van der Waals surface area contributed by atoms with Gasteiger partial charge in [0.2, 0.25) is 0 Å². The van der Waals surface area contributed by atoms with E-state index in [9.17, 15) is 4.39 Å². The van der Waals surface area contributed by atoms with Gasteiger partial charge in [0, 0.05) is 18.7 Å². The van der Waals surface area contributed by atoms with Crippen LogP contribution in [0.5, 0.6) is 0 Å². The Morgan fingerprint density at radius 3 is 2.84 bits per heavy atom. The third-order valence-electron chi connectivity index (χ3n) is 3.50. The molecule has 2 rings (SSSR count). The van der Waals surface area contributed by atoms with Crippen molar-refractivity contribution in [2.75, 3.05) is 33.3 Å². The molecular weight excluding hydrogens is 243 g/mol. The second kappa shape index (κ2) is 7.58. The molecule has 1 N–H and O–H groups in total. The lowest BCUT2D eigenvalue weighted by molar-refractivity contribution is 0.0973. The number of likely N-dealkylation sites (tertiary alicyclic amines) is 1. The predicted molar refractivity (Wildman–Crippen MR) is 74.5 cm³/mol. The fraction of sp³-hybridized carbons (Fsp3) is 0.600. The van der Waals surface area contributed by atoms with Crippen LogP contribution < -0.4 is 5.32 Å². The van der Waals surface area contributed by atoms with Gasteiger partial charge in [-0.25, -0.2) is 4.39 Å². The van der Waals surface area contributed by atoms with Gasteiger partial charge in [0.15, 0.2) is 0 Å². The van der Waals surface area contributed by atoms with Crippen molar-refractivity contribution in [1.29, 1.82) is 0 Å². The Labute approximate surface area is 114 Å². The summed E-state index contributed by atoms with van der Waals surface area (Å²) in [5.41, 5.74) is 1.73. The Hall–Kier alpha value is -0.970. The van der Waals surface area contributed by atoms with Crippen molar-refractivity contribution in [1.82, 2.24) is 10.2 Å². The molecule has 1 heterocycles. The third kappa shape index (κ3) is 4.56. The molecule has 0 aromatic heterocycles. The highest BCUT2D eigenvalue weighted by atomic mass is 19.1. The van der Waals surface area contributed by atoms with E-state index in [-0.39, 0.29) is 5.82 Å². The Morgan fingerprint density at radius 2 is 2.11 bits per heavy atom. The quantitative estimate of drug-likeness (QED) is 0.765. The zero-order chi connectivity index (χ0) is 13.5. The first-order valence-electron chi connectivity index (χ1n) is 7.01. The van der Waals surface area contributed by atoms with Gasteiger partial charge in [-0.3, -0.25) is 0 Å². The summed E-state index contributed by atoms with van der Waals surface area (Å²) in [5.74, 6) is -0.180. The van der Waals surface area contributed by atoms with Gasteiger partial charge < -0.3 is 15.0 Å². The third-order valence-corrected chi connectivity index (χ3v) is 3.50. The van der Waals surface area contributed by atoms with E-state index in [2.05, 4.69) is 10.2 Å². The van der Waals surface area contributed by atoms with Crippen LogP contribution in [0.1, 0.15) is 24.0 Å². The Balaban J connectivity index is 1.76. The summed E-state index contributed by atoms with van der Waals surface area (Å²) in [6.07, 6.45) is 2.58. The molecule has 1 aromatic rings. The van der Waals surface area contributed by atoms with Gasteiger partial charge in [-0.15, -0.1) is 0 Å². The molecule has 0 spiro atoms. The normalized spacial score (nSPS) is 16.1. The molecule has 0 saturated carbocycles. The van der Waals surface area contributed by atoms with Gasteiger partial charge in [-0.2, -0.15) is 0 Å². The molecule has 1 aliphatic heterocycles. The smallest absolute Gasteiger partial charge is 0.128 e. The van der Waals surface area contributed by atoms with Crippen LogP contribution in [0.2, 0.25) is 0 Å². The van der Waals surface area contributed by atoms with Gasteiger partial charge in [-0.05, 0) is 50.7 Å². The highest BCUT2D eigenvalue weighted by Gasteiger charge is 2.10. The van der Waals surface area contributed by atoms with Gasteiger partial charge in [0.05, 0.1) is 13.2 Å². The minimum atomic E-state index is -0.180. The molecule has 1 aromatic carbocycles. The van der Waals surface area contributed by atoms with E-state index in [1.54, 1.807) is 6.07 Å². The van der Waals surface area contributed by atoms with E-state index in [4.69, 9.17) is 4.74 Å². The summed E-state index contributed by atoms with van der Waals surface area (Å²) >= 11 is 0. The number of hydrogen-bond donors (Lipinski definition) is 1. The average Bonchev–Trinajstić information content (AvgIpc) is 2.91. The SMILES string of the molecule is CNCc1ccc(F)c(COCCN2CCCC2)c1. The van der Waals surface area contributed by atoms with E-state index in [0.29, 0.717) is 18.8 Å². The second-order valence-electron chi connectivity index (χ2n) is 5.06. The lowest BCUT2D eigenvalue weighted by Crippen LogP contribution is -2.24. The molecule has 106 valence electrons. The summed E-state index contributed by atoms with van der Waals surface area (Å²) < 4.78 is 19.2. The van der Waals surface area contributed by atoms with E-state index < -0.39 is 0 Å². The largest absolute Gasteiger partial charge is 0.375 e. The maximum atomic E-state index is 13.6. The maximum Gasteiger partial charge on any atom is 0.128 e. The zero-order valence-electron chi connectivity index (χ0n) is 11.6. The molecule has 1 fully saturated rings. The molecular formula is C15H23FN2O. The first kappa shape index (κ1) is 14.4. The first-order valence-corrected chi connectivity index (χ1v) is 7.01. The predicted octanol–water partition coefficient (Wildman–Crippen LogP) is 2.16. The highest BCUT2D eigenvalue weighted by Crippen LogP contribution is 2.12. The van der Waals surface area contributed by atoms with Gasteiger partial charge in [0.1, 0.15) is 5.82 Å². The topological polar surface area (TPSA) is 24.5 Å². The molecule has 1 saturated heterocycles. The van der Waals surface area contributed by atoms with Gasteiger partial charge >= 0.3 is 0 Å². The van der Waals surface area contributed by atoms with Crippen LogP contribution >= 0.6 is 0 Å². The van der Waals surface area contributed by atoms with Gasteiger partial charge in [0.25, 0.3) is 0 Å². The average molecular weight is 266 g/mol. The molecule has 0 radical (unpaired) electrons. The summed E-state index contributed by atoms with van der Waals surface area (Å²) in [6.45, 7) is 5.09. The van der Waals surface area contributed by atoms with Crippen LogP contribution in [0.4, 0.5) is 4.39 Å². The van der Waals surface area contributed by atoms with Crippen molar-refractivity contribution in [3.05, 3.63) is 35.1 Å².